The molecule has 1 aromatic carbocycles. The summed E-state index contributed by atoms with van der Waals surface area (Å²) in [4.78, 5) is 39.1. The molecule has 0 unspecified atom stereocenters. The number of nitrogens with zero attached hydrogens (tertiary/aromatic N) is 3. The first kappa shape index (κ1) is 20.8. The van der Waals surface area contributed by atoms with E-state index in [9.17, 15) is 22.8 Å². The number of benzene rings is 1. The number of urea groups is 1. The quantitative estimate of drug-likeness (QED) is 0.356. The third kappa shape index (κ3) is 4.19. The molecule has 3 amide bonds. The summed E-state index contributed by atoms with van der Waals surface area (Å²) in [6.45, 7) is 1.47. The van der Waals surface area contributed by atoms with Gasteiger partial charge in [0.25, 0.3) is 7.41 Å². The Kier molecular flexibility index (Phi) is 5.53. The molecule has 2 saturated heterocycles. The number of piperidine rings is 1. The van der Waals surface area contributed by atoms with E-state index in [2.05, 4.69) is 9.60 Å². The van der Waals surface area contributed by atoms with E-state index in [1.54, 1.807) is 6.07 Å². The number of nitrogens with one attached hydrogen (secondary N) is 1. The highest BCUT2D eigenvalue weighted by Gasteiger charge is 2.49. The molecule has 2 atom stereocenters. The molecule has 3 aliphatic rings. The van der Waals surface area contributed by atoms with Gasteiger partial charge < -0.3 is 19.8 Å². The summed E-state index contributed by atoms with van der Waals surface area (Å²) in [7, 11) is -3.32. The Morgan fingerprint density at radius 1 is 1.30 bits per heavy atom. The molecule has 0 spiro atoms. The van der Waals surface area contributed by atoms with Crippen LogP contribution in [0.5, 0.6) is 0 Å². The van der Waals surface area contributed by atoms with Crippen LogP contribution in [-0.2, 0) is 37.2 Å². The highest BCUT2D eigenvalue weighted by molar-refractivity contribution is 7.80. The smallest absolute Gasteiger partial charge is 0.336 e. The summed E-state index contributed by atoms with van der Waals surface area (Å²) >= 11 is 0. The van der Waals surface area contributed by atoms with Crippen LogP contribution in [0.3, 0.4) is 0 Å². The zero-order valence-electron chi connectivity index (χ0n) is 15.9. The predicted molar refractivity (Wildman–Crippen MR) is 105 cm³/mol. The van der Waals surface area contributed by atoms with Crippen LogP contribution in [0, 0.1) is 0 Å². The summed E-state index contributed by atoms with van der Waals surface area (Å²) in [6.07, 6.45) is 2.20. The maximum atomic E-state index is 12.8. The van der Waals surface area contributed by atoms with Gasteiger partial charge in [0.05, 0.1) is 12.2 Å². The molecule has 2 bridgehead atoms. The Labute approximate surface area is 174 Å². The van der Waals surface area contributed by atoms with E-state index in [4.69, 9.17) is 4.55 Å². The molecule has 2 fully saturated rings. The zero-order chi connectivity index (χ0) is 21.5. The summed E-state index contributed by atoms with van der Waals surface area (Å²) in [5, 5.41) is 3.44. The van der Waals surface area contributed by atoms with Crippen LogP contribution in [0.4, 0.5) is 10.5 Å². The van der Waals surface area contributed by atoms with Crippen LogP contribution in [0.15, 0.2) is 18.2 Å². The van der Waals surface area contributed by atoms with Crippen molar-refractivity contribution in [3.63, 3.8) is 0 Å². The molecule has 11 nitrogen and oxygen atoms in total. The van der Waals surface area contributed by atoms with Gasteiger partial charge in [-0.05, 0) is 49.1 Å². The number of hydrogen-bond acceptors (Lipinski definition) is 7. The average molecular weight is 435 g/mol. The Hall–Kier alpha value is -2.48. The lowest BCUT2D eigenvalue weighted by Gasteiger charge is -2.30. The largest absolute Gasteiger partial charge is 0.418 e. The minimum absolute atomic E-state index is 0.139. The van der Waals surface area contributed by atoms with Gasteiger partial charge in [0, 0.05) is 18.8 Å². The normalized spacial score (nSPS) is 23.8. The van der Waals surface area contributed by atoms with Crippen molar-refractivity contribution in [1.29, 1.82) is 0 Å². The third-order valence-electron chi connectivity index (χ3n) is 5.59. The van der Waals surface area contributed by atoms with Crippen LogP contribution in [0.2, 0.25) is 0 Å². The second kappa shape index (κ2) is 7.98. The van der Waals surface area contributed by atoms with Gasteiger partial charge in [-0.25, -0.2) is 4.79 Å². The highest BCUT2D eigenvalue weighted by atomic mass is 32.3. The van der Waals surface area contributed by atoms with E-state index in [0.717, 1.165) is 23.7 Å². The molecule has 4 rings (SSSR count). The number of anilines is 1. The van der Waals surface area contributed by atoms with E-state index < -0.39 is 28.5 Å². The molecule has 30 heavy (non-hydrogen) atoms. The predicted octanol–water partition coefficient (Wildman–Crippen LogP) is -0.204. The fraction of sp³-hybridized carbons (Fsp3) is 0.471. The van der Waals surface area contributed by atoms with Gasteiger partial charge >= 0.3 is 16.4 Å². The van der Waals surface area contributed by atoms with Crippen LogP contribution in [-0.4, -0.2) is 78.5 Å². The molecule has 1 aromatic rings. The first-order valence-electron chi connectivity index (χ1n) is 9.47. The maximum absolute atomic E-state index is 12.8. The summed E-state index contributed by atoms with van der Waals surface area (Å²) in [5.74, 6) is -0.373. The lowest BCUT2D eigenvalue weighted by molar-refractivity contribution is -0.120. The van der Waals surface area contributed by atoms with Gasteiger partial charge in [-0.15, -0.1) is 4.28 Å². The number of fused-ring (bicyclic) bond motifs is 3. The molecule has 2 N–H and O–H groups in total. The second-order valence-electron chi connectivity index (χ2n) is 7.49. The van der Waals surface area contributed by atoms with Gasteiger partial charge in [0.15, 0.2) is 0 Å². The molecule has 3 heterocycles. The van der Waals surface area contributed by atoms with Crippen molar-refractivity contribution in [2.75, 3.05) is 18.4 Å². The fourth-order valence-electron chi connectivity index (χ4n) is 4.20. The van der Waals surface area contributed by atoms with Gasteiger partial charge in [0.1, 0.15) is 6.04 Å². The van der Waals surface area contributed by atoms with Crippen molar-refractivity contribution in [1.82, 2.24) is 14.8 Å². The topological polar surface area (TPSA) is 137 Å². The molecule has 0 saturated carbocycles. The lowest BCUT2D eigenvalue weighted by Crippen LogP contribution is -2.47. The lowest BCUT2D eigenvalue weighted by atomic mass is 9.88. The summed E-state index contributed by atoms with van der Waals surface area (Å²) in [6, 6.07) is 3.47. The first-order chi connectivity index (χ1) is 14.2. The molecule has 0 aromatic heterocycles. The van der Waals surface area contributed by atoms with Gasteiger partial charge in [0.2, 0.25) is 5.91 Å². The second-order valence-corrected chi connectivity index (χ2v) is 8.49. The number of rotatable bonds is 6. The van der Waals surface area contributed by atoms with E-state index >= 15 is 0 Å². The Morgan fingerprint density at radius 2 is 2.10 bits per heavy atom. The fourth-order valence-corrected chi connectivity index (χ4v) is 4.58. The summed E-state index contributed by atoms with van der Waals surface area (Å²) in [5.41, 5.74) is 2.76. The van der Waals surface area contributed by atoms with E-state index in [-0.39, 0.29) is 12.5 Å². The molecule has 13 heteroatoms. The highest BCUT2D eigenvalue weighted by Crippen LogP contribution is 2.31. The first-order valence-corrected chi connectivity index (χ1v) is 10.8. The number of hydrogen-bond donors (Lipinski definition) is 2. The van der Waals surface area contributed by atoms with Gasteiger partial charge in [-0.3, -0.25) is 9.35 Å². The molecular weight excluding hydrogens is 415 g/mol. The number of hydroxylamine groups is 2. The molecular formula is C17H20BN4O7S. The zero-order valence-corrected chi connectivity index (χ0v) is 16.7. The van der Waals surface area contributed by atoms with Crippen molar-refractivity contribution in [2.45, 2.75) is 37.9 Å². The van der Waals surface area contributed by atoms with Crippen LogP contribution >= 0.6 is 0 Å². The number of carbonyl (C=O) groups is 3. The van der Waals surface area contributed by atoms with Crippen molar-refractivity contribution in [2.24, 2.45) is 0 Å². The standard InChI is InChI=1S/C17H20BN4O7S/c23-10-18-20-6-5-11-7-13(2-1-12(11)8-20)19-16(24)15-4-3-14-9-21(15)17(25)22(14)29-30(26,27)28/h1-2,7,10,14-15H,3-6,8-9H2,(H,19,24)(H,26,27,28)/t14-,15+/m1/s1. The Morgan fingerprint density at radius 3 is 2.83 bits per heavy atom. The molecule has 1 radical (unpaired) electrons. The van der Waals surface area contributed by atoms with Gasteiger partial charge in [-0.2, -0.15) is 13.5 Å². The van der Waals surface area contributed by atoms with E-state index in [1.165, 1.54) is 12.3 Å². The maximum Gasteiger partial charge on any atom is 0.418 e. The van der Waals surface area contributed by atoms with Crippen molar-refractivity contribution < 1.29 is 31.6 Å². The Bertz CT molecular complexity index is 988. The summed E-state index contributed by atoms with van der Waals surface area (Å²) < 4.78 is 35.2. The molecule has 0 aliphatic carbocycles. The Balaban J connectivity index is 1.43. The van der Waals surface area contributed by atoms with Crippen molar-refractivity contribution in [3.05, 3.63) is 29.3 Å². The van der Waals surface area contributed by atoms with Crippen LogP contribution in [0.1, 0.15) is 24.0 Å². The minimum Gasteiger partial charge on any atom is -0.336 e. The SMILES string of the molecule is O=C[B]N1CCc2cc(NC(=O)[C@@H]3CC[C@@H]4CN3C(=O)N4OS(=O)(=O)O)ccc2C1. The third-order valence-corrected chi connectivity index (χ3v) is 5.94. The number of carbonyl (C=O) groups excluding carboxylic acids is 3. The van der Waals surface area contributed by atoms with Crippen molar-refractivity contribution >= 4 is 41.6 Å². The number of amides is 3. The van der Waals surface area contributed by atoms with Crippen LogP contribution < -0.4 is 5.32 Å². The van der Waals surface area contributed by atoms with Crippen LogP contribution in [0.25, 0.3) is 0 Å². The van der Waals surface area contributed by atoms with Gasteiger partial charge in [-0.1, -0.05) is 6.07 Å². The average Bonchev–Trinajstić information content (AvgIpc) is 2.92. The van der Waals surface area contributed by atoms with E-state index in [1.807, 2.05) is 16.9 Å². The van der Waals surface area contributed by atoms with Crippen molar-refractivity contribution in [3.8, 4) is 0 Å². The molecule has 3 aliphatic heterocycles. The van der Waals surface area contributed by atoms with E-state index in [0.29, 0.717) is 36.7 Å². The molecule has 159 valence electrons. The monoisotopic (exact) mass is 435 g/mol. The minimum atomic E-state index is -4.83.